The van der Waals surface area contributed by atoms with E-state index in [-0.39, 0.29) is 17.8 Å². The van der Waals surface area contributed by atoms with Crippen LogP contribution in [0.25, 0.3) is 0 Å². The Balaban J connectivity index is 2.42. The molecule has 1 fully saturated rings. The number of hydrogen-bond acceptors (Lipinski definition) is 1. The molecule has 0 aromatic carbocycles. The first-order chi connectivity index (χ1) is 4.66. The van der Waals surface area contributed by atoms with Crippen molar-refractivity contribution in [2.75, 3.05) is 0 Å². The molecule has 2 atom stereocenters. The van der Waals surface area contributed by atoms with Crippen molar-refractivity contribution in [1.29, 1.82) is 0 Å². The minimum atomic E-state index is 0.156. The minimum absolute atomic E-state index is 0.156. The van der Waals surface area contributed by atoms with E-state index < -0.39 is 0 Å². The maximum absolute atomic E-state index is 11.2. The number of ketones is 1. The third kappa shape index (κ3) is 1.21. The van der Waals surface area contributed by atoms with Crippen LogP contribution in [0.15, 0.2) is 0 Å². The van der Waals surface area contributed by atoms with Crippen LogP contribution in [-0.2, 0) is 4.79 Å². The number of rotatable bonds is 2. The van der Waals surface area contributed by atoms with E-state index in [0.29, 0.717) is 5.78 Å². The zero-order valence-electron chi connectivity index (χ0n) is 6.42. The Morgan fingerprint density at radius 1 is 1.70 bits per heavy atom. The molecule has 0 heterocycles. The fourth-order valence-corrected chi connectivity index (χ4v) is 1.12. The fourth-order valence-electron chi connectivity index (χ4n) is 1.12. The third-order valence-corrected chi connectivity index (χ3v) is 1.94. The van der Waals surface area contributed by atoms with Gasteiger partial charge < -0.3 is 0 Å². The molecule has 1 heteroatoms. The Kier molecular flexibility index (Phi) is 1.80. The molecule has 1 aliphatic rings. The first-order valence-electron chi connectivity index (χ1n) is 3.66. The van der Waals surface area contributed by atoms with Crippen LogP contribution >= 0.6 is 0 Å². The van der Waals surface area contributed by atoms with E-state index in [1.54, 1.807) is 0 Å². The van der Waals surface area contributed by atoms with Crippen LogP contribution in [0.2, 0.25) is 0 Å². The predicted molar refractivity (Wildman–Crippen MR) is 40.3 cm³/mol. The summed E-state index contributed by atoms with van der Waals surface area (Å²) in [5, 5.41) is 0. The molecular weight excluding hydrogens is 124 g/mol. The molecule has 2 unspecified atom stereocenters. The molecule has 0 spiro atoms. The van der Waals surface area contributed by atoms with E-state index in [9.17, 15) is 4.79 Å². The molecule has 1 saturated carbocycles. The van der Waals surface area contributed by atoms with Gasteiger partial charge in [-0.3, -0.25) is 4.79 Å². The second-order valence-electron chi connectivity index (χ2n) is 3.17. The van der Waals surface area contributed by atoms with E-state index in [2.05, 4.69) is 5.92 Å². The minimum Gasteiger partial charge on any atom is -0.299 e. The predicted octanol–water partition coefficient (Wildman–Crippen LogP) is 1.48. The molecule has 10 heavy (non-hydrogen) atoms. The van der Waals surface area contributed by atoms with Gasteiger partial charge in [-0.25, -0.2) is 0 Å². The van der Waals surface area contributed by atoms with E-state index in [0.717, 1.165) is 6.42 Å². The molecule has 0 amide bonds. The van der Waals surface area contributed by atoms with Gasteiger partial charge in [0.1, 0.15) is 5.78 Å². The Morgan fingerprint density at radius 3 is 2.60 bits per heavy atom. The summed E-state index contributed by atoms with van der Waals surface area (Å²) in [6, 6.07) is 0. The van der Waals surface area contributed by atoms with Crippen molar-refractivity contribution in [3.05, 3.63) is 0 Å². The van der Waals surface area contributed by atoms with Crippen LogP contribution in [0, 0.1) is 30.1 Å². The van der Waals surface area contributed by atoms with Crippen molar-refractivity contribution in [2.45, 2.75) is 20.3 Å². The summed E-state index contributed by atoms with van der Waals surface area (Å²) in [5.74, 6) is 3.55. The first kappa shape index (κ1) is 7.34. The Hall–Kier alpha value is -0.770. The highest BCUT2D eigenvalue weighted by atomic mass is 16.1. The van der Waals surface area contributed by atoms with Gasteiger partial charge in [0.25, 0.3) is 0 Å². The highest BCUT2D eigenvalue weighted by Crippen LogP contribution is 2.39. The monoisotopic (exact) mass is 136 g/mol. The Morgan fingerprint density at radius 2 is 2.30 bits per heavy atom. The quantitative estimate of drug-likeness (QED) is 0.525. The number of carbonyl (C=O) groups is 1. The van der Waals surface area contributed by atoms with Gasteiger partial charge in [0.15, 0.2) is 0 Å². The van der Waals surface area contributed by atoms with Gasteiger partial charge in [0.2, 0.25) is 0 Å². The molecule has 0 N–H and O–H groups in total. The summed E-state index contributed by atoms with van der Waals surface area (Å²) < 4.78 is 0. The van der Waals surface area contributed by atoms with Crippen molar-refractivity contribution < 1.29 is 4.79 Å². The third-order valence-electron chi connectivity index (χ3n) is 1.94. The fraction of sp³-hybridized carbons (Fsp3) is 0.667. The average Bonchev–Trinajstić information content (AvgIpc) is 2.64. The summed E-state index contributed by atoms with van der Waals surface area (Å²) in [6.07, 6.45) is 6.08. The van der Waals surface area contributed by atoms with Crippen LogP contribution in [0.1, 0.15) is 20.3 Å². The molecule has 0 aromatic rings. The molecular formula is C9H12O. The zero-order valence-corrected chi connectivity index (χ0v) is 6.42. The van der Waals surface area contributed by atoms with Crippen molar-refractivity contribution in [3.8, 4) is 12.3 Å². The van der Waals surface area contributed by atoms with Crippen LogP contribution in [0.5, 0.6) is 0 Å². The summed E-state index contributed by atoms with van der Waals surface area (Å²) >= 11 is 0. The number of hydrogen-bond donors (Lipinski definition) is 0. The molecule has 1 rings (SSSR count). The van der Waals surface area contributed by atoms with Crippen molar-refractivity contribution in [3.63, 3.8) is 0 Å². The zero-order chi connectivity index (χ0) is 7.72. The maximum Gasteiger partial charge on any atom is 0.139 e. The SMILES string of the molecule is C#CC1CC1C(=O)C(C)C. The second kappa shape index (κ2) is 2.46. The van der Waals surface area contributed by atoms with E-state index in [1.807, 2.05) is 13.8 Å². The standard InChI is InChI=1S/C9H12O/c1-4-7-5-8(7)9(10)6(2)3/h1,6-8H,5H2,2-3H3. The lowest BCUT2D eigenvalue weighted by Gasteiger charge is -1.99. The average molecular weight is 136 g/mol. The van der Waals surface area contributed by atoms with Crippen LogP contribution < -0.4 is 0 Å². The van der Waals surface area contributed by atoms with Crippen LogP contribution in [0.3, 0.4) is 0 Å². The second-order valence-corrected chi connectivity index (χ2v) is 3.17. The number of carbonyl (C=O) groups excluding carboxylic acids is 1. The largest absolute Gasteiger partial charge is 0.299 e. The van der Waals surface area contributed by atoms with Crippen molar-refractivity contribution in [1.82, 2.24) is 0 Å². The molecule has 1 nitrogen and oxygen atoms in total. The van der Waals surface area contributed by atoms with Gasteiger partial charge in [-0.2, -0.15) is 0 Å². The van der Waals surface area contributed by atoms with Gasteiger partial charge in [-0.05, 0) is 6.42 Å². The molecule has 0 saturated heterocycles. The molecule has 1 aliphatic carbocycles. The van der Waals surface area contributed by atoms with Gasteiger partial charge in [0.05, 0.1) is 0 Å². The number of terminal acetylenes is 1. The normalized spacial score (nSPS) is 29.8. The van der Waals surface area contributed by atoms with Crippen molar-refractivity contribution in [2.24, 2.45) is 17.8 Å². The van der Waals surface area contributed by atoms with Crippen LogP contribution in [0.4, 0.5) is 0 Å². The van der Waals surface area contributed by atoms with E-state index in [4.69, 9.17) is 6.42 Å². The lowest BCUT2D eigenvalue weighted by atomic mass is 10.0. The van der Waals surface area contributed by atoms with E-state index in [1.165, 1.54) is 0 Å². The first-order valence-corrected chi connectivity index (χ1v) is 3.66. The van der Waals surface area contributed by atoms with Gasteiger partial charge >= 0.3 is 0 Å². The Labute approximate surface area is 61.8 Å². The Bertz CT molecular complexity index is 185. The maximum atomic E-state index is 11.2. The highest BCUT2D eigenvalue weighted by molar-refractivity contribution is 5.85. The molecule has 54 valence electrons. The summed E-state index contributed by atoms with van der Waals surface area (Å²) in [5.41, 5.74) is 0. The van der Waals surface area contributed by atoms with Gasteiger partial charge in [-0.1, -0.05) is 13.8 Å². The molecule has 0 aromatic heterocycles. The lowest BCUT2D eigenvalue weighted by Crippen LogP contribution is -2.09. The topological polar surface area (TPSA) is 17.1 Å². The summed E-state index contributed by atoms with van der Waals surface area (Å²) in [4.78, 5) is 11.2. The highest BCUT2D eigenvalue weighted by Gasteiger charge is 2.41. The smallest absolute Gasteiger partial charge is 0.139 e. The summed E-state index contributed by atoms with van der Waals surface area (Å²) in [6.45, 7) is 3.85. The van der Waals surface area contributed by atoms with E-state index >= 15 is 0 Å². The molecule has 0 bridgehead atoms. The van der Waals surface area contributed by atoms with Gasteiger partial charge in [0, 0.05) is 17.8 Å². The summed E-state index contributed by atoms with van der Waals surface area (Å²) in [7, 11) is 0. The van der Waals surface area contributed by atoms with Crippen LogP contribution in [-0.4, -0.2) is 5.78 Å². The number of Topliss-reactive ketones (excluding diaryl/α,β-unsaturated/α-hetero) is 1. The van der Waals surface area contributed by atoms with Gasteiger partial charge in [-0.15, -0.1) is 12.3 Å². The lowest BCUT2D eigenvalue weighted by molar-refractivity contribution is -0.123. The van der Waals surface area contributed by atoms with Crippen molar-refractivity contribution >= 4 is 5.78 Å². The molecule has 0 radical (unpaired) electrons. The molecule has 0 aliphatic heterocycles.